The van der Waals surface area contributed by atoms with Gasteiger partial charge in [-0.05, 0) is 26.0 Å². The van der Waals surface area contributed by atoms with E-state index in [-0.39, 0.29) is 5.91 Å². The zero-order valence-electron chi connectivity index (χ0n) is 10.1. The molecule has 0 N–H and O–H groups in total. The normalized spacial score (nSPS) is 10.3. The lowest BCUT2D eigenvalue weighted by Gasteiger charge is -2.20. The van der Waals surface area contributed by atoms with Crippen molar-refractivity contribution in [2.75, 3.05) is 26.3 Å². The van der Waals surface area contributed by atoms with Crippen LogP contribution in [0.25, 0.3) is 0 Å². The van der Waals surface area contributed by atoms with Crippen molar-refractivity contribution in [3.05, 3.63) is 29.0 Å². The van der Waals surface area contributed by atoms with Crippen molar-refractivity contribution >= 4 is 17.5 Å². The van der Waals surface area contributed by atoms with Crippen molar-refractivity contribution in [1.29, 1.82) is 0 Å². The summed E-state index contributed by atoms with van der Waals surface area (Å²) in [5, 5.41) is 0.330. The van der Waals surface area contributed by atoms with Crippen molar-refractivity contribution in [2.24, 2.45) is 0 Å². The SMILES string of the molecule is CCOCCN(CC)C(=O)c1cccc(Cl)n1. The molecule has 1 amide bonds. The van der Waals surface area contributed by atoms with Gasteiger partial charge in [-0.25, -0.2) is 4.98 Å². The van der Waals surface area contributed by atoms with Gasteiger partial charge in [-0.2, -0.15) is 0 Å². The number of ether oxygens (including phenoxy) is 1. The van der Waals surface area contributed by atoms with Crippen LogP contribution in [0.5, 0.6) is 0 Å². The summed E-state index contributed by atoms with van der Waals surface area (Å²) in [4.78, 5) is 17.8. The molecule has 0 saturated heterocycles. The number of nitrogens with zero attached hydrogens (tertiary/aromatic N) is 2. The lowest BCUT2D eigenvalue weighted by molar-refractivity contribution is 0.0664. The van der Waals surface area contributed by atoms with Gasteiger partial charge in [0.2, 0.25) is 0 Å². The Kier molecular flexibility index (Phi) is 5.94. The number of aromatic nitrogens is 1. The molecule has 4 nitrogen and oxygen atoms in total. The van der Waals surface area contributed by atoms with Gasteiger partial charge in [-0.1, -0.05) is 17.7 Å². The number of halogens is 1. The third-order valence-corrected chi connectivity index (χ3v) is 2.52. The minimum absolute atomic E-state index is 0.116. The molecule has 0 unspecified atom stereocenters. The number of amides is 1. The van der Waals surface area contributed by atoms with Gasteiger partial charge < -0.3 is 9.64 Å². The maximum absolute atomic E-state index is 12.1. The van der Waals surface area contributed by atoms with Gasteiger partial charge in [0.1, 0.15) is 10.8 Å². The third kappa shape index (κ3) is 4.32. The molecule has 1 aromatic rings. The summed E-state index contributed by atoms with van der Waals surface area (Å²) in [5.41, 5.74) is 0.371. The first-order valence-corrected chi connectivity index (χ1v) is 6.06. The first kappa shape index (κ1) is 13.9. The number of hydrogen-bond donors (Lipinski definition) is 0. The highest BCUT2D eigenvalue weighted by Crippen LogP contribution is 2.07. The maximum atomic E-state index is 12.1. The number of hydrogen-bond acceptors (Lipinski definition) is 3. The van der Waals surface area contributed by atoms with Gasteiger partial charge in [0, 0.05) is 19.7 Å². The quantitative estimate of drug-likeness (QED) is 0.579. The number of carbonyl (C=O) groups excluding carboxylic acids is 1. The van der Waals surface area contributed by atoms with Crippen LogP contribution in [0.2, 0.25) is 5.15 Å². The second-order valence-electron chi connectivity index (χ2n) is 3.43. The predicted octanol–water partition coefficient (Wildman–Crippen LogP) is 2.23. The van der Waals surface area contributed by atoms with Gasteiger partial charge >= 0.3 is 0 Å². The van der Waals surface area contributed by atoms with E-state index in [1.807, 2.05) is 13.8 Å². The summed E-state index contributed by atoms with van der Waals surface area (Å²) in [5.74, 6) is -0.116. The first-order valence-electron chi connectivity index (χ1n) is 5.68. The van der Waals surface area contributed by atoms with Crippen LogP contribution in [0.1, 0.15) is 24.3 Å². The highest BCUT2D eigenvalue weighted by atomic mass is 35.5. The molecule has 0 radical (unpaired) electrons. The van der Waals surface area contributed by atoms with E-state index in [0.29, 0.717) is 37.2 Å². The van der Waals surface area contributed by atoms with E-state index in [1.165, 1.54) is 0 Å². The minimum atomic E-state index is -0.116. The van der Waals surface area contributed by atoms with E-state index in [4.69, 9.17) is 16.3 Å². The summed E-state index contributed by atoms with van der Waals surface area (Å²) in [7, 11) is 0. The molecule has 0 spiro atoms. The topological polar surface area (TPSA) is 42.4 Å². The number of rotatable bonds is 6. The smallest absolute Gasteiger partial charge is 0.272 e. The summed E-state index contributed by atoms with van der Waals surface area (Å²) in [6.45, 7) is 6.24. The fourth-order valence-electron chi connectivity index (χ4n) is 1.41. The first-order chi connectivity index (χ1) is 8.19. The molecule has 0 aromatic carbocycles. The molecule has 0 aliphatic rings. The molecule has 5 heteroatoms. The summed E-state index contributed by atoms with van der Waals surface area (Å²) in [6, 6.07) is 5.03. The standard InChI is InChI=1S/C12H17ClN2O2/c1-3-15(8-9-17-4-2)12(16)10-6-5-7-11(13)14-10/h5-7H,3-4,8-9H2,1-2H3. The molecule has 0 atom stereocenters. The zero-order valence-corrected chi connectivity index (χ0v) is 10.9. The van der Waals surface area contributed by atoms with E-state index in [0.717, 1.165) is 0 Å². The molecule has 1 heterocycles. The fourth-order valence-corrected chi connectivity index (χ4v) is 1.58. The third-order valence-electron chi connectivity index (χ3n) is 2.31. The molecular formula is C12H17ClN2O2. The van der Waals surface area contributed by atoms with E-state index in [9.17, 15) is 4.79 Å². The monoisotopic (exact) mass is 256 g/mol. The molecule has 0 aliphatic carbocycles. The zero-order chi connectivity index (χ0) is 12.7. The van der Waals surface area contributed by atoms with Crippen LogP contribution in [-0.4, -0.2) is 42.1 Å². The van der Waals surface area contributed by atoms with Crippen LogP contribution in [0, 0.1) is 0 Å². The van der Waals surface area contributed by atoms with E-state index in [1.54, 1.807) is 23.1 Å². The second-order valence-corrected chi connectivity index (χ2v) is 3.81. The largest absolute Gasteiger partial charge is 0.380 e. The average Bonchev–Trinajstić information content (AvgIpc) is 2.34. The Balaban J connectivity index is 2.65. The van der Waals surface area contributed by atoms with E-state index >= 15 is 0 Å². The Hall–Kier alpha value is -1.13. The lowest BCUT2D eigenvalue weighted by atomic mass is 10.3. The summed E-state index contributed by atoms with van der Waals surface area (Å²) < 4.78 is 5.24. The summed E-state index contributed by atoms with van der Waals surface area (Å²) >= 11 is 5.76. The van der Waals surface area contributed by atoms with Gasteiger partial charge in [0.15, 0.2) is 0 Å². The lowest BCUT2D eigenvalue weighted by Crippen LogP contribution is -2.34. The Labute approximate surface area is 107 Å². The van der Waals surface area contributed by atoms with Gasteiger partial charge in [0.05, 0.1) is 6.61 Å². The van der Waals surface area contributed by atoms with Crippen molar-refractivity contribution in [2.45, 2.75) is 13.8 Å². The van der Waals surface area contributed by atoms with Crippen LogP contribution in [-0.2, 0) is 4.74 Å². The number of pyridine rings is 1. The van der Waals surface area contributed by atoms with Gasteiger partial charge in [-0.3, -0.25) is 4.79 Å². The molecule has 0 saturated carbocycles. The van der Waals surface area contributed by atoms with Crippen molar-refractivity contribution < 1.29 is 9.53 Å². The van der Waals surface area contributed by atoms with Crippen LogP contribution >= 0.6 is 11.6 Å². The molecule has 1 aromatic heterocycles. The maximum Gasteiger partial charge on any atom is 0.272 e. The van der Waals surface area contributed by atoms with Crippen LogP contribution < -0.4 is 0 Å². The molecule has 94 valence electrons. The average molecular weight is 257 g/mol. The second kappa shape index (κ2) is 7.25. The molecule has 0 aliphatic heterocycles. The van der Waals surface area contributed by atoms with Crippen LogP contribution in [0.4, 0.5) is 0 Å². The summed E-state index contributed by atoms with van der Waals surface area (Å²) in [6.07, 6.45) is 0. The number of carbonyl (C=O) groups is 1. The Morgan fingerprint density at radius 2 is 2.24 bits per heavy atom. The molecular weight excluding hydrogens is 240 g/mol. The van der Waals surface area contributed by atoms with Gasteiger partial charge in [-0.15, -0.1) is 0 Å². The van der Waals surface area contributed by atoms with Crippen LogP contribution in [0.3, 0.4) is 0 Å². The molecule has 0 fully saturated rings. The van der Waals surface area contributed by atoms with Crippen LogP contribution in [0.15, 0.2) is 18.2 Å². The van der Waals surface area contributed by atoms with Gasteiger partial charge in [0.25, 0.3) is 5.91 Å². The molecule has 1 rings (SSSR count). The van der Waals surface area contributed by atoms with E-state index in [2.05, 4.69) is 4.98 Å². The van der Waals surface area contributed by atoms with E-state index < -0.39 is 0 Å². The fraction of sp³-hybridized carbons (Fsp3) is 0.500. The van der Waals surface area contributed by atoms with Crippen molar-refractivity contribution in [3.63, 3.8) is 0 Å². The Morgan fingerprint density at radius 3 is 2.82 bits per heavy atom. The molecule has 17 heavy (non-hydrogen) atoms. The number of likely N-dealkylation sites (N-methyl/N-ethyl adjacent to an activating group) is 1. The predicted molar refractivity (Wildman–Crippen MR) is 67.3 cm³/mol. The Morgan fingerprint density at radius 1 is 1.47 bits per heavy atom. The highest BCUT2D eigenvalue weighted by molar-refractivity contribution is 6.29. The Bertz CT molecular complexity index is 371. The minimum Gasteiger partial charge on any atom is -0.380 e. The highest BCUT2D eigenvalue weighted by Gasteiger charge is 2.15. The van der Waals surface area contributed by atoms with Crippen molar-refractivity contribution in [3.8, 4) is 0 Å². The van der Waals surface area contributed by atoms with Crippen molar-refractivity contribution in [1.82, 2.24) is 9.88 Å². The molecule has 0 bridgehead atoms.